The molecule has 0 saturated heterocycles. The van der Waals surface area contributed by atoms with Gasteiger partial charge in [0.2, 0.25) is 0 Å². The molecule has 1 aromatic rings. The molecule has 1 aromatic carbocycles. The molecule has 1 aliphatic heterocycles. The van der Waals surface area contributed by atoms with E-state index in [0.717, 1.165) is 31.2 Å². The summed E-state index contributed by atoms with van der Waals surface area (Å²) in [4.78, 5) is 23.1. The largest absolute Gasteiger partial charge is 0.398 e. The van der Waals surface area contributed by atoms with E-state index < -0.39 is 8.25 Å². The van der Waals surface area contributed by atoms with E-state index in [-0.39, 0.29) is 18.1 Å². The van der Waals surface area contributed by atoms with Gasteiger partial charge >= 0.3 is 8.25 Å². The molecule has 3 rings (SSSR count). The molecule has 22 heavy (non-hydrogen) atoms. The standard InChI is InChI=1S/C15H21N2O4P/c1-17-14(9-5-7-10(8-6-9)21-22(19)20)11-3-2-4-12(16)13(11)15(17)18/h2-4,9-10,14,22H,5-8,16H2,1H3,(H,19,20). The maximum absolute atomic E-state index is 12.4. The van der Waals surface area contributed by atoms with Crippen LogP contribution in [0.1, 0.15) is 47.6 Å². The van der Waals surface area contributed by atoms with Crippen LogP contribution >= 0.6 is 8.25 Å². The van der Waals surface area contributed by atoms with Gasteiger partial charge in [-0.1, -0.05) is 12.1 Å². The number of fused-ring (bicyclic) bond motifs is 1. The van der Waals surface area contributed by atoms with Gasteiger partial charge in [-0.25, -0.2) is 0 Å². The van der Waals surface area contributed by atoms with Crippen molar-refractivity contribution < 1.29 is 18.8 Å². The van der Waals surface area contributed by atoms with Gasteiger partial charge in [-0.3, -0.25) is 9.36 Å². The van der Waals surface area contributed by atoms with E-state index >= 15 is 0 Å². The molecular formula is C15H21N2O4P. The zero-order chi connectivity index (χ0) is 15.9. The molecule has 3 N–H and O–H groups in total. The van der Waals surface area contributed by atoms with Crippen molar-refractivity contribution in [1.82, 2.24) is 4.90 Å². The van der Waals surface area contributed by atoms with Crippen LogP contribution in [0.4, 0.5) is 5.69 Å². The minimum Gasteiger partial charge on any atom is -0.398 e. The highest BCUT2D eigenvalue weighted by molar-refractivity contribution is 7.32. The quantitative estimate of drug-likeness (QED) is 0.657. The Labute approximate surface area is 130 Å². The highest BCUT2D eigenvalue weighted by Crippen LogP contribution is 2.45. The molecule has 120 valence electrons. The van der Waals surface area contributed by atoms with Gasteiger partial charge in [0.25, 0.3) is 5.91 Å². The zero-order valence-corrected chi connectivity index (χ0v) is 13.5. The van der Waals surface area contributed by atoms with Gasteiger partial charge < -0.3 is 20.1 Å². The zero-order valence-electron chi connectivity index (χ0n) is 12.5. The summed E-state index contributed by atoms with van der Waals surface area (Å²) in [6.45, 7) is 0. The molecule has 2 aliphatic rings. The summed E-state index contributed by atoms with van der Waals surface area (Å²) in [5, 5.41) is 0. The van der Waals surface area contributed by atoms with Crippen molar-refractivity contribution in [2.24, 2.45) is 5.92 Å². The summed E-state index contributed by atoms with van der Waals surface area (Å²) in [5.74, 6) is 0.315. The third-order valence-electron chi connectivity index (χ3n) is 4.83. The van der Waals surface area contributed by atoms with Gasteiger partial charge in [-0.05, 0) is 43.2 Å². The molecular weight excluding hydrogens is 303 g/mol. The minimum atomic E-state index is -2.87. The van der Waals surface area contributed by atoms with E-state index in [0.29, 0.717) is 17.2 Å². The maximum atomic E-state index is 12.4. The summed E-state index contributed by atoms with van der Waals surface area (Å²) in [6.07, 6.45) is 3.10. The Morgan fingerprint density at radius 2 is 2.00 bits per heavy atom. The second-order valence-electron chi connectivity index (χ2n) is 6.09. The predicted molar refractivity (Wildman–Crippen MR) is 83.7 cm³/mol. The number of hydrogen-bond acceptors (Lipinski definition) is 4. The molecule has 2 unspecified atom stereocenters. The molecule has 1 aliphatic carbocycles. The van der Waals surface area contributed by atoms with Crippen LogP contribution in [-0.4, -0.2) is 28.9 Å². The first kappa shape index (κ1) is 15.5. The van der Waals surface area contributed by atoms with Crippen LogP contribution in [0, 0.1) is 5.92 Å². The van der Waals surface area contributed by atoms with Gasteiger partial charge in [-0.15, -0.1) is 0 Å². The topological polar surface area (TPSA) is 92.9 Å². The van der Waals surface area contributed by atoms with Gasteiger partial charge in [0.15, 0.2) is 0 Å². The second kappa shape index (κ2) is 6.03. The number of anilines is 1. The lowest BCUT2D eigenvalue weighted by Gasteiger charge is -2.35. The van der Waals surface area contributed by atoms with Crippen LogP contribution in [-0.2, 0) is 9.09 Å². The first-order chi connectivity index (χ1) is 10.5. The molecule has 1 amide bonds. The Hall–Kier alpha value is -1.36. The van der Waals surface area contributed by atoms with E-state index in [2.05, 4.69) is 0 Å². The molecule has 1 fully saturated rings. The molecule has 7 heteroatoms. The van der Waals surface area contributed by atoms with Crippen molar-refractivity contribution in [2.45, 2.75) is 37.8 Å². The Morgan fingerprint density at radius 1 is 1.32 bits per heavy atom. The molecule has 6 nitrogen and oxygen atoms in total. The lowest BCUT2D eigenvalue weighted by atomic mass is 9.80. The number of hydrogen-bond donors (Lipinski definition) is 2. The van der Waals surface area contributed by atoms with Crippen LogP contribution in [0.3, 0.4) is 0 Å². The van der Waals surface area contributed by atoms with Gasteiger partial charge in [0.05, 0.1) is 17.7 Å². The summed E-state index contributed by atoms with van der Waals surface area (Å²) in [5.41, 5.74) is 8.14. The van der Waals surface area contributed by atoms with Crippen LogP contribution in [0.5, 0.6) is 0 Å². The summed E-state index contributed by atoms with van der Waals surface area (Å²) in [6, 6.07) is 5.67. The Balaban J connectivity index is 1.78. The molecule has 0 radical (unpaired) electrons. The number of rotatable bonds is 3. The van der Waals surface area contributed by atoms with Crippen LogP contribution in [0.2, 0.25) is 0 Å². The highest BCUT2D eigenvalue weighted by atomic mass is 31.1. The van der Waals surface area contributed by atoms with Crippen molar-refractivity contribution in [2.75, 3.05) is 12.8 Å². The number of benzene rings is 1. The first-order valence-electron chi connectivity index (χ1n) is 7.54. The predicted octanol–water partition coefficient (Wildman–Crippen LogP) is 2.35. The van der Waals surface area contributed by atoms with E-state index in [1.807, 2.05) is 19.2 Å². The minimum absolute atomic E-state index is 0.0168. The van der Waals surface area contributed by atoms with E-state index in [9.17, 15) is 9.36 Å². The van der Waals surface area contributed by atoms with Crippen molar-refractivity contribution in [1.29, 1.82) is 0 Å². The van der Waals surface area contributed by atoms with Gasteiger partial charge in [0, 0.05) is 12.7 Å². The highest BCUT2D eigenvalue weighted by Gasteiger charge is 2.41. The van der Waals surface area contributed by atoms with Crippen molar-refractivity contribution in [3.63, 3.8) is 0 Å². The fourth-order valence-electron chi connectivity index (χ4n) is 3.83. The third kappa shape index (κ3) is 2.67. The summed E-state index contributed by atoms with van der Waals surface area (Å²) >= 11 is 0. The van der Waals surface area contributed by atoms with Gasteiger partial charge in [-0.2, -0.15) is 0 Å². The molecule has 2 atom stereocenters. The Morgan fingerprint density at radius 3 is 2.64 bits per heavy atom. The lowest BCUT2D eigenvalue weighted by molar-refractivity contribution is 0.0626. The number of nitrogen functional groups attached to an aromatic ring is 1. The average molecular weight is 324 g/mol. The fourth-order valence-corrected chi connectivity index (χ4v) is 4.35. The molecule has 1 heterocycles. The van der Waals surface area contributed by atoms with Crippen LogP contribution in [0.25, 0.3) is 0 Å². The van der Waals surface area contributed by atoms with E-state index in [4.69, 9.17) is 15.2 Å². The fraction of sp³-hybridized carbons (Fsp3) is 0.533. The number of carbonyl (C=O) groups is 1. The molecule has 0 spiro atoms. The Bertz CT molecular complexity index is 614. The maximum Gasteiger partial charge on any atom is 0.316 e. The number of nitrogens with zero attached hydrogens (tertiary/aromatic N) is 1. The molecule has 1 saturated carbocycles. The smallest absolute Gasteiger partial charge is 0.316 e. The summed E-state index contributed by atoms with van der Waals surface area (Å²) in [7, 11) is -1.05. The SMILES string of the molecule is CN1C(=O)c2c(N)cccc2C1C1CCC(O[PH](=O)O)CC1. The first-order valence-corrected chi connectivity index (χ1v) is 8.80. The van der Waals surface area contributed by atoms with E-state index in [1.54, 1.807) is 11.0 Å². The van der Waals surface area contributed by atoms with E-state index in [1.165, 1.54) is 0 Å². The van der Waals surface area contributed by atoms with Crippen molar-refractivity contribution >= 4 is 19.8 Å². The monoisotopic (exact) mass is 324 g/mol. The van der Waals surface area contributed by atoms with Crippen LogP contribution < -0.4 is 5.73 Å². The van der Waals surface area contributed by atoms with Gasteiger partial charge in [0.1, 0.15) is 0 Å². The normalized spacial score (nSPS) is 29.5. The second-order valence-corrected chi connectivity index (χ2v) is 6.86. The number of nitrogens with two attached hydrogens (primary N) is 1. The number of carbonyl (C=O) groups excluding carboxylic acids is 1. The molecule has 0 bridgehead atoms. The van der Waals surface area contributed by atoms with Crippen LogP contribution in [0.15, 0.2) is 18.2 Å². The van der Waals surface area contributed by atoms with Crippen molar-refractivity contribution in [3.05, 3.63) is 29.3 Å². The Kier molecular flexibility index (Phi) is 4.26. The summed E-state index contributed by atoms with van der Waals surface area (Å²) < 4.78 is 15.8. The lowest BCUT2D eigenvalue weighted by Crippen LogP contribution is -2.32. The molecule has 0 aromatic heterocycles. The third-order valence-corrected chi connectivity index (χ3v) is 5.37. The van der Waals surface area contributed by atoms with Crippen molar-refractivity contribution in [3.8, 4) is 0 Å². The number of amides is 1. The average Bonchev–Trinajstić information content (AvgIpc) is 2.73.